The second-order valence-corrected chi connectivity index (χ2v) is 5.65. The standard InChI is InChI=1S/C22H19NO/c1-17-12-14-20(15-13-17)23-22(24)21(19-10-6-3-7-11-19)16-18-8-4-2-5-9-18/h2-16H,1H3,(H,23,24)/b21-16+. The maximum absolute atomic E-state index is 12.8. The van der Waals surface area contributed by atoms with E-state index in [-0.39, 0.29) is 5.91 Å². The molecule has 118 valence electrons. The van der Waals surface area contributed by atoms with Gasteiger partial charge in [-0.05, 0) is 36.3 Å². The number of hydrogen-bond donors (Lipinski definition) is 1. The quantitative estimate of drug-likeness (QED) is 0.522. The molecular weight excluding hydrogens is 294 g/mol. The molecule has 1 amide bonds. The average Bonchev–Trinajstić information content (AvgIpc) is 2.63. The van der Waals surface area contributed by atoms with Crippen LogP contribution in [0.2, 0.25) is 0 Å². The topological polar surface area (TPSA) is 29.1 Å². The predicted molar refractivity (Wildman–Crippen MR) is 101 cm³/mol. The Balaban J connectivity index is 1.94. The highest BCUT2D eigenvalue weighted by Crippen LogP contribution is 2.21. The summed E-state index contributed by atoms with van der Waals surface area (Å²) in [6, 6.07) is 27.4. The van der Waals surface area contributed by atoms with Crippen molar-refractivity contribution in [2.45, 2.75) is 6.92 Å². The number of aryl methyl sites for hydroxylation is 1. The Bertz CT molecular complexity index is 834. The van der Waals surface area contributed by atoms with E-state index in [0.29, 0.717) is 5.57 Å². The molecule has 0 radical (unpaired) electrons. The average molecular weight is 313 g/mol. The maximum atomic E-state index is 12.8. The van der Waals surface area contributed by atoms with Crippen LogP contribution in [0.3, 0.4) is 0 Å². The molecule has 0 unspecified atom stereocenters. The molecule has 0 saturated carbocycles. The molecule has 2 nitrogen and oxygen atoms in total. The Hall–Kier alpha value is -3.13. The number of rotatable bonds is 4. The van der Waals surface area contributed by atoms with Gasteiger partial charge in [-0.1, -0.05) is 78.4 Å². The molecule has 0 fully saturated rings. The zero-order valence-corrected chi connectivity index (χ0v) is 13.6. The van der Waals surface area contributed by atoms with E-state index in [1.807, 2.05) is 97.9 Å². The van der Waals surface area contributed by atoms with E-state index in [4.69, 9.17) is 0 Å². The monoisotopic (exact) mass is 313 g/mol. The fourth-order valence-corrected chi connectivity index (χ4v) is 2.45. The Labute approximate surface area is 142 Å². The zero-order valence-electron chi connectivity index (χ0n) is 13.6. The lowest BCUT2D eigenvalue weighted by Crippen LogP contribution is -2.13. The molecule has 0 bridgehead atoms. The number of carbonyl (C=O) groups is 1. The normalized spacial score (nSPS) is 11.1. The summed E-state index contributed by atoms with van der Waals surface area (Å²) >= 11 is 0. The third kappa shape index (κ3) is 3.99. The number of anilines is 1. The van der Waals surface area contributed by atoms with Crippen molar-refractivity contribution in [2.24, 2.45) is 0 Å². The third-order valence-corrected chi connectivity index (χ3v) is 3.75. The van der Waals surface area contributed by atoms with Crippen molar-refractivity contribution in [1.82, 2.24) is 0 Å². The molecule has 0 aliphatic rings. The van der Waals surface area contributed by atoms with Gasteiger partial charge in [0.1, 0.15) is 0 Å². The second kappa shape index (κ2) is 7.42. The summed E-state index contributed by atoms with van der Waals surface area (Å²) in [6.45, 7) is 2.02. The largest absolute Gasteiger partial charge is 0.322 e. The predicted octanol–water partition coefficient (Wildman–Crippen LogP) is 5.17. The first-order chi connectivity index (χ1) is 11.7. The highest BCUT2D eigenvalue weighted by molar-refractivity contribution is 6.29. The SMILES string of the molecule is Cc1ccc(NC(=O)/C(=C/c2ccccc2)c2ccccc2)cc1. The Morgan fingerprint density at radius 3 is 2.00 bits per heavy atom. The minimum Gasteiger partial charge on any atom is -0.322 e. The lowest BCUT2D eigenvalue weighted by Gasteiger charge is -2.10. The van der Waals surface area contributed by atoms with E-state index < -0.39 is 0 Å². The number of carbonyl (C=O) groups excluding carboxylic acids is 1. The molecule has 3 aromatic carbocycles. The number of benzene rings is 3. The summed E-state index contributed by atoms with van der Waals surface area (Å²) < 4.78 is 0. The summed E-state index contributed by atoms with van der Waals surface area (Å²) in [5.41, 5.74) is 4.49. The van der Waals surface area contributed by atoms with Crippen molar-refractivity contribution in [3.8, 4) is 0 Å². The van der Waals surface area contributed by atoms with Crippen molar-refractivity contribution >= 4 is 23.2 Å². The van der Waals surface area contributed by atoms with Crippen LogP contribution < -0.4 is 5.32 Å². The van der Waals surface area contributed by atoms with Crippen molar-refractivity contribution < 1.29 is 4.79 Å². The maximum Gasteiger partial charge on any atom is 0.256 e. The Morgan fingerprint density at radius 2 is 1.38 bits per heavy atom. The van der Waals surface area contributed by atoms with Crippen LogP contribution in [0.5, 0.6) is 0 Å². The van der Waals surface area contributed by atoms with Gasteiger partial charge in [0.15, 0.2) is 0 Å². The van der Waals surface area contributed by atoms with E-state index in [9.17, 15) is 4.79 Å². The molecule has 24 heavy (non-hydrogen) atoms. The molecule has 3 aromatic rings. The molecular formula is C22H19NO. The molecule has 0 atom stereocenters. The first kappa shape index (κ1) is 15.8. The van der Waals surface area contributed by atoms with Gasteiger partial charge in [0.2, 0.25) is 0 Å². The molecule has 3 rings (SSSR count). The highest BCUT2D eigenvalue weighted by Gasteiger charge is 2.12. The van der Waals surface area contributed by atoms with Crippen molar-refractivity contribution in [2.75, 3.05) is 5.32 Å². The van der Waals surface area contributed by atoms with Crippen LogP contribution in [0.1, 0.15) is 16.7 Å². The molecule has 0 aromatic heterocycles. The third-order valence-electron chi connectivity index (χ3n) is 3.75. The summed E-state index contributed by atoms with van der Waals surface area (Å²) in [5.74, 6) is -0.117. The van der Waals surface area contributed by atoms with Gasteiger partial charge >= 0.3 is 0 Å². The number of amides is 1. The van der Waals surface area contributed by atoms with E-state index in [1.54, 1.807) is 0 Å². The fourth-order valence-electron chi connectivity index (χ4n) is 2.45. The van der Waals surface area contributed by atoms with Crippen LogP contribution >= 0.6 is 0 Å². The molecule has 1 N–H and O–H groups in total. The Kier molecular flexibility index (Phi) is 4.87. The Morgan fingerprint density at radius 1 is 0.792 bits per heavy atom. The van der Waals surface area contributed by atoms with Crippen LogP contribution in [0, 0.1) is 6.92 Å². The van der Waals surface area contributed by atoms with Gasteiger partial charge in [0, 0.05) is 11.3 Å². The van der Waals surface area contributed by atoms with Crippen LogP contribution in [-0.4, -0.2) is 5.91 Å². The molecule has 0 heterocycles. The highest BCUT2D eigenvalue weighted by atomic mass is 16.1. The van der Waals surface area contributed by atoms with E-state index in [1.165, 1.54) is 0 Å². The lowest BCUT2D eigenvalue weighted by atomic mass is 10.0. The van der Waals surface area contributed by atoms with Gasteiger partial charge in [-0.3, -0.25) is 4.79 Å². The van der Waals surface area contributed by atoms with Crippen molar-refractivity contribution in [3.63, 3.8) is 0 Å². The van der Waals surface area contributed by atoms with Gasteiger partial charge in [-0.2, -0.15) is 0 Å². The zero-order chi connectivity index (χ0) is 16.8. The minimum absolute atomic E-state index is 0.117. The number of nitrogens with one attached hydrogen (secondary N) is 1. The number of hydrogen-bond acceptors (Lipinski definition) is 1. The molecule has 0 aliphatic heterocycles. The molecule has 0 saturated heterocycles. The summed E-state index contributed by atoms with van der Waals surface area (Å²) in [5, 5.41) is 2.98. The van der Waals surface area contributed by atoms with Crippen LogP contribution in [0.25, 0.3) is 11.6 Å². The first-order valence-corrected chi connectivity index (χ1v) is 7.92. The lowest BCUT2D eigenvalue weighted by molar-refractivity contribution is -0.111. The summed E-state index contributed by atoms with van der Waals surface area (Å²) in [6.07, 6.45) is 1.92. The smallest absolute Gasteiger partial charge is 0.256 e. The van der Waals surface area contributed by atoms with E-state index in [0.717, 1.165) is 22.4 Å². The van der Waals surface area contributed by atoms with Gasteiger partial charge in [-0.25, -0.2) is 0 Å². The fraction of sp³-hybridized carbons (Fsp3) is 0.0455. The van der Waals surface area contributed by atoms with Crippen LogP contribution in [0.4, 0.5) is 5.69 Å². The summed E-state index contributed by atoms with van der Waals surface area (Å²) in [4.78, 5) is 12.8. The van der Waals surface area contributed by atoms with Gasteiger partial charge in [0.25, 0.3) is 5.91 Å². The van der Waals surface area contributed by atoms with Crippen molar-refractivity contribution in [1.29, 1.82) is 0 Å². The van der Waals surface area contributed by atoms with Crippen molar-refractivity contribution in [3.05, 3.63) is 102 Å². The molecule has 2 heteroatoms. The van der Waals surface area contributed by atoms with E-state index >= 15 is 0 Å². The molecule has 0 aliphatic carbocycles. The van der Waals surface area contributed by atoms with E-state index in [2.05, 4.69) is 5.32 Å². The van der Waals surface area contributed by atoms with Crippen LogP contribution in [-0.2, 0) is 4.79 Å². The van der Waals surface area contributed by atoms with Gasteiger partial charge in [-0.15, -0.1) is 0 Å². The summed E-state index contributed by atoms with van der Waals surface area (Å²) in [7, 11) is 0. The second-order valence-electron chi connectivity index (χ2n) is 5.65. The van der Waals surface area contributed by atoms with Gasteiger partial charge in [0.05, 0.1) is 0 Å². The van der Waals surface area contributed by atoms with Gasteiger partial charge < -0.3 is 5.32 Å². The van der Waals surface area contributed by atoms with Crippen LogP contribution in [0.15, 0.2) is 84.9 Å². The molecule has 0 spiro atoms. The first-order valence-electron chi connectivity index (χ1n) is 7.92. The minimum atomic E-state index is -0.117.